The summed E-state index contributed by atoms with van der Waals surface area (Å²) in [7, 11) is 1.93. The lowest BCUT2D eigenvalue weighted by Crippen LogP contribution is -2.01. The molecule has 2 aromatic rings. The van der Waals surface area contributed by atoms with E-state index in [1.54, 1.807) is 0 Å². The maximum absolute atomic E-state index is 2.93. The Balaban J connectivity index is 0.000000202. The van der Waals surface area contributed by atoms with E-state index in [0.29, 0.717) is 0 Å². The summed E-state index contributed by atoms with van der Waals surface area (Å²) in [6.07, 6.45) is 3.75. The average Bonchev–Trinajstić information content (AvgIpc) is 2.90. The summed E-state index contributed by atoms with van der Waals surface area (Å²) in [5.41, 5.74) is 0. The number of H-pyrrole nitrogens is 1. The first-order valence-electron chi connectivity index (χ1n) is 5.14. The zero-order valence-electron chi connectivity index (χ0n) is 9.48. The molecule has 0 saturated carbocycles. The summed E-state index contributed by atoms with van der Waals surface area (Å²) >= 11 is 0. The summed E-state index contributed by atoms with van der Waals surface area (Å²) in [6.45, 7) is 3.14. The number of hydrogen-bond acceptors (Lipinski definition) is 1. The zero-order chi connectivity index (χ0) is 11.2. The van der Waals surface area contributed by atoms with Crippen LogP contribution in [0, 0.1) is 0 Å². The van der Waals surface area contributed by atoms with E-state index in [1.807, 2.05) is 68.0 Å². The van der Waals surface area contributed by atoms with E-state index < -0.39 is 0 Å². The summed E-state index contributed by atoms with van der Waals surface area (Å²) in [5, 5.41) is 2.93. The highest BCUT2D eigenvalue weighted by atomic mass is 14.8. The van der Waals surface area contributed by atoms with Crippen LogP contribution < -0.4 is 5.32 Å². The van der Waals surface area contributed by atoms with Gasteiger partial charge in [-0.15, -0.1) is 0 Å². The monoisotopic (exact) mass is 204 g/mol. The van der Waals surface area contributed by atoms with Crippen LogP contribution in [0.25, 0.3) is 0 Å². The molecule has 2 heteroatoms. The molecule has 0 fully saturated rings. The van der Waals surface area contributed by atoms with Crippen molar-refractivity contribution in [2.45, 2.75) is 6.92 Å². The van der Waals surface area contributed by atoms with Gasteiger partial charge in [-0.1, -0.05) is 43.3 Å². The normalized spacial score (nSPS) is 7.87. The van der Waals surface area contributed by atoms with Crippen molar-refractivity contribution in [2.75, 3.05) is 13.6 Å². The highest BCUT2D eigenvalue weighted by Crippen LogP contribution is 1.79. The van der Waals surface area contributed by atoms with E-state index in [-0.39, 0.29) is 0 Å². The second-order valence-electron chi connectivity index (χ2n) is 2.75. The van der Waals surface area contributed by atoms with Crippen LogP contribution in [-0.2, 0) is 0 Å². The van der Waals surface area contributed by atoms with Crippen LogP contribution in [0.3, 0.4) is 0 Å². The molecular weight excluding hydrogens is 184 g/mol. The van der Waals surface area contributed by atoms with Crippen LogP contribution in [0.4, 0.5) is 0 Å². The van der Waals surface area contributed by atoms with Crippen LogP contribution in [0.1, 0.15) is 6.92 Å². The minimum atomic E-state index is 1.07. The van der Waals surface area contributed by atoms with Crippen LogP contribution in [-0.4, -0.2) is 18.6 Å². The molecule has 0 amide bonds. The number of nitrogens with one attached hydrogen (secondary N) is 2. The van der Waals surface area contributed by atoms with Gasteiger partial charge in [0.15, 0.2) is 0 Å². The fourth-order valence-corrected chi connectivity index (χ4v) is 0.663. The third-order valence-electron chi connectivity index (χ3n) is 1.52. The van der Waals surface area contributed by atoms with Crippen molar-refractivity contribution in [1.29, 1.82) is 0 Å². The standard InChI is InChI=1S/C6H6.C4H5N.C3H9N/c1-2-4-6-5-3-1;1-2-4-5-3-1;1-3-4-2/h1-6H;1-5H;4H,3H2,1-2H3. The van der Waals surface area contributed by atoms with Crippen LogP contribution in [0.2, 0.25) is 0 Å². The highest BCUT2D eigenvalue weighted by Gasteiger charge is 1.58. The largest absolute Gasteiger partial charge is 0.368 e. The van der Waals surface area contributed by atoms with Gasteiger partial charge in [0.1, 0.15) is 0 Å². The summed E-state index contributed by atoms with van der Waals surface area (Å²) in [6, 6.07) is 15.9. The minimum absolute atomic E-state index is 1.07. The van der Waals surface area contributed by atoms with Gasteiger partial charge in [0.25, 0.3) is 0 Å². The first kappa shape index (κ1) is 13.5. The number of aromatic amines is 1. The molecule has 82 valence electrons. The maximum atomic E-state index is 2.93. The number of rotatable bonds is 1. The fraction of sp³-hybridized carbons (Fsp3) is 0.231. The molecule has 0 saturated heterocycles. The number of aromatic nitrogens is 1. The van der Waals surface area contributed by atoms with Gasteiger partial charge in [-0.2, -0.15) is 0 Å². The van der Waals surface area contributed by atoms with Gasteiger partial charge in [-0.25, -0.2) is 0 Å². The quantitative estimate of drug-likeness (QED) is 0.734. The molecule has 2 nitrogen and oxygen atoms in total. The smallest absolute Gasteiger partial charge is 0.000496 e. The molecule has 1 aromatic heterocycles. The van der Waals surface area contributed by atoms with Crippen molar-refractivity contribution in [3.63, 3.8) is 0 Å². The Morgan fingerprint density at radius 3 is 1.27 bits per heavy atom. The summed E-state index contributed by atoms with van der Waals surface area (Å²) in [4.78, 5) is 2.86. The summed E-state index contributed by atoms with van der Waals surface area (Å²) < 4.78 is 0. The third-order valence-corrected chi connectivity index (χ3v) is 1.52. The molecule has 0 spiro atoms. The second kappa shape index (κ2) is 12.5. The van der Waals surface area contributed by atoms with Crippen molar-refractivity contribution >= 4 is 0 Å². The van der Waals surface area contributed by atoms with E-state index in [9.17, 15) is 0 Å². The Morgan fingerprint density at radius 1 is 0.800 bits per heavy atom. The Labute approximate surface area is 92.4 Å². The van der Waals surface area contributed by atoms with Gasteiger partial charge in [0, 0.05) is 12.4 Å². The molecule has 0 bridgehead atoms. The lowest BCUT2D eigenvalue weighted by molar-refractivity contribution is 0.864. The molecule has 0 unspecified atom stereocenters. The zero-order valence-corrected chi connectivity index (χ0v) is 9.48. The topological polar surface area (TPSA) is 27.8 Å². The molecule has 0 aliphatic heterocycles. The van der Waals surface area contributed by atoms with Crippen molar-refractivity contribution in [2.24, 2.45) is 0 Å². The summed E-state index contributed by atoms with van der Waals surface area (Å²) in [5.74, 6) is 0. The molecule has 2 rings (SSSR count). The molecule has 0 atom stereocenters. The SMILES string of the molecule is CCNC.c1cc[nH]c1.c1ccccc1. The number of hydrogen-bond donors (Lipinski definition) is 2. The van der Waals surface area contributed by atoms with Gasteiger partial charge in [-0.05, 0) is 25.7 Å². The Bertz CT molecular complexity index is 218. The predicted molar refractivity (Wildman–Crippen MR) is 66.8 cm³/mol. The van der Waals surface area contributed by atoms with Gasteiger partial charge in [0.2, 0.25) is 0 Å². The van der Waals surface area contributed by atoms with E-state index in [4.69, 9.17) is 0 Å². The molecule has 0 radical (unpaired) electrons. The minimum Gasteiger partial charge on any atom is -0.368 e. The molecule has 0 aliphatic rings. The molecule has 15 heavy (non-hydrogen) atoms. The van der Waals surface area contributed by atoms with Gasteiger partial charge >= 0.3 is 0 Å². The Hall–Kier alpha value is -1.54. The molecule has 1 heterocycles. The second-order valence-corrected chi connectivity index (χ2v) is 2.75. The predicted octanol–water partition coefficient (Wildman–Crippen LogP) is 2.93. The first-order chi connectivity index (χ1) is 7.41. The molecular formula is C13H20N2. The number of benzene rings is 1. The van der Waals surface area contributed by atoms with Crippen molar-refractivity contribution in [3.8, 4) is 0 Å². The van der Waals surface area contributed by atoms with Gasteiger partial charge in [-0.3, -0.25) is 0 Å². The first-order valence-corrected chi connectivity index (χ1v) is 5.14. The van der Waals surface area contributed by atoms with Crippen LogP contribution >= 0.6 is 0 Å². The van der Waals surface area contributed by atoms with E-state index >= 15 is 0 Å². The van der Waals surface area contributed by atoms with Gasteiger partial charge in [0.05, 0.1) is 0 Å². The maximum Gasteiger partial charge on any atom is 0.000496 e. The lowest BCUT2D eigenvalue weighted by Gasteiger charge is -1.76. The molecule has 1 aromatic carbocycles. The van der Waals surface area contributed by atoms with E-state index in [0.717, 1.165) is 6.54 Å². The van der Waals surface area contributed by atoms with E-state index in [1.165, 1.54) is 0 Å². The Morgan fingerprint density at radius 2 is 1.13 bits per heavy atom. The van der Waals surface area contributed by atoms with Crippen molar-refractivity contribution < 1.29 is 0 Å². The highest BCUT2D eigenvalue weighted by molar-refractivity contribution is 4.99. The third kappa shape index (κ3) is 12.5. The van der Waals surface area contributed by atoms with E-state index in [2.05, 4.69) is 17.2 Å². The van der Waals surface area contributed by atoms with Crippen LogP contribution in [0.15, 0.2) is 60.9 Å². The average molecular weight is 204 g/mol. The molecule has 0 aliphatic carbocycles. The molecule has 2 N–H and O–H groups in total. The Kier molecular flexibility index (Phi) is 11.2. The fourth-order valence-electron chi connectivity index (χ4n) is 0.663. The van der Waals surface area contributed by atoms with Crippen LogP contribution in [0.5, 0.6) is 0 Å². The van der Waals surface area contributed by atoms with Crippen molar-refractivity contribution in [3.05, 3.63) is 60.9 Å². The van der Waals surface area contributed by atoms with Gasteiger partial charge < -0.3 is 10.3 Å². The van der Waals surface area contributed by atoms with Crippen molar-refractivity contribution in [1.82, 2.24) is 10.3 Å². The lowest BCUT2D eigenvalue weighted by atomic mass is 10.4.